The first-order valence-electron chi connectivity index (χ1n) is 5.89. The molecule has 16 heavy (non-hydrogen) atoms. The van der Waals surface area contributed by atoms with Crippen molar-refractivity contribution in [2.45, 2.75) is 25.2 Å². The van der Waals surface area contributed by atoms with Gasteiger partial charge in [0.05, 0.1) is 0 Å². The lowest BCUT2D eigenvalue weighted by Crippen LogP contribution is -2.36. The van der Waals surface area contributed by atoms with Gasteiger partial charge in [-0.25, -0.2) is 0 Å². The summed E-state index contributed by atoms with van der Waals surface area (Å²) in [5, 5.41) is 4.35. The zero-order valence-corrected chi connectivity index (χ0v) is 10.4. The number of benzene rings is 1. The van der Waals surface area contributed by atoms with E-state index in [1.165, 1.54) is 5.56 Å². The summed E-state index contributed by atoms with van der Waals surface area (Å²) >= 11 is 6.32. The van der Waals surface area contributed by atoms with E-state index in [-0.39, 0.29) is 5.41 Å². The number of allylic oxidation sites excluding steroid dienone is 2. The molecule has 0 saturated heterocycles. The molecular weight excluding hydrogens is 218 g/mol. The molecule has 0 fully saturated rings. The predicted octanol–water partition coefficient (Wildman–Crippen LogP) is 3.54. The maximum atomic E-state index is 6.32. The maximum absolute atomic E-state index is 6.32. The number of likely N-dealkylation sites (N-methyl/N-ethyl adjacent to an activating group) is 1. The first-order valence-corrected chi connectivity index (χ1v) is 6.27. The van der Waals surface area contributed by atoms with E-state index in [2.05, 4.69) is 36.5 Å². The van der Waals surface area contributed by atoms with Crippen LogP contribution in [0, 0.1) is 0 Å². The second kappa shape index (κ2) is 5.03. The average molecular weight is 236 g/mol. The molecule has 1 aliphatic carbocycles. The van der Waals surface area contributed by atoms with Gasteiger partial charge in [0.2, 0.25) is 0 Å². The van der Waals surface area contributed by atoms with Crippen LogP contribution in [0.1, 0.15) is 25.3 Å². The Kier molecular flexibility index (Phi) is 3.67. The highest BCUT2D eigenvalue weighted by Gasteiger charge is 2.33. The molecule has 0 aliphatic heterocycles. The summed E-state index contributed by atoms with van der Waals surface area (Å²) in [4.78, 5) is 0. The van der Waals surface area contributed by atoms with Crippen LogP contribution in [0.25, 0.3) is 0 Å². The van der Waals surface area contributed by atoms with Crippen LogP contribution in [0.4, 0.5) is 0 Å². The van der Waals surface area contributed by atoms with Crippen molar-refractivity contribution in [3.63, 3.8) is 0 Å². The fourth-order valence-corrected chi connectivity index (χ4v) is 2.75. The molecule has 0 atom stereocenters. The third kappa shape index (κ3) is 2.16. The van der Waals surface area contributed by atoms with Crippen LogP contribution in [0.3, 0.4) is 0 Å². The summed E-state index contributed by atoms with van der Waals surface area (Å²) < 4.78 is 0. The predicted molar refractivity (Wildman–Crippen MR) is 70.0 cm³/mol. The Morgan fingerprint density at radius 1 is 1.25 bits per heavy atom. The normalized spacial score (nSPS) is 17.9. The molecule has 2 rings (SSSR count). The molecule has 0 amide bonds. The minimum absolute atomic E-state index is 0.175. The summed E-state index contributed by atoms with van der Waals surface area (Å²) in [7, 11) is 0. The van der Waals surface area contributed by atoms with Crippen LogP contribution >= 0.6 is 11.6 Å². The van der Waals surface area contributed by atoms with Gasteiger partial charge in [-0.1, -0.05) is 48.9 Å². The van der Waals surface area contributed by atoms with Crippen molar-refractivity contribution in [3.8, 4) is 0 Å². The lowest BCUT2D eigenvalue weighted by molar-refractivity contribution is 0.424. The maximum Gasteiger partial charge on any atom is 0.0444 e. The van der Waals surface area contributed by atoms with Gasteiger partial charge in [0.15, 0.2) is 0 Å². The van der Waals surface area contributed by atoms with Gasteiger partial charge in [0.1, 0.15) is 0 Å². The number of hydrogen-bond donors (Lipinski definition) is 1. The van der Waals surface area contributed by atoms with Crippen molar-refractivity contribution in [1.82, 2.24) is 5.32 Å². The molecule has 1 N–H and O–H groups in total. The van der Waals surface area contributed by atoms with Gasteiger partial charge in [-0.3, -0.25) is 0 Å². The number of rotatable bonds is 4. The first-order chi connectivity index (χ1) is 7.78. The Morgan fingerprint density at radius 2 is 1.94 bits per heavy atom. The van der Waals surface area contributed by atoms with Crippen LogP contribution < -0.4 is 5.32 Å². The fraction of sp³-hybridized carbons (Fsp3) is 0.429. The molecule has 1 nitrogen and oxygen atoms in total. The SMILES string of the molecule is CCNCC1(c2ccccc2Cl)CC=CC1. The van der Waals surface area contributed by atoms with Gasteiger partial charge in [-0.2, -0.15) is 0 Å². The number of halogens is 1. The highest BCUT2D eigenvalue weighted by atomic mass is 35.5. The molecule has 1 aromatic carbocycles. The average Bonchev–Trinajstić information content (AvgIpc) is 2.77. The van der Waals surface area contributed by atoms with Crippen molar-refractivity contribution < 1.29 is 0 Å². The number of nitrogens with one attached hydrogen (secondary N) is 1. The van der Waals surface area contributed by atoms with E-state index in [9.17, 15) is 0 Å². The Morgan fingerprint density at radius 3 is 2.56 bits per heavy atom. The van der Waals surface area contributed by atoms with Crippen molar-refractivity contribution in [2.75, 3.05) is 13.1 Å². The monoisotopic (exact) mass is 235 g/mol. The van der Waals surface area contributed by atoms with Gasteiger partial charge in [0, 0.05) is 17.0 Å². The van der Waals surface area contributed by atoms with Crippen LogP contribution in [0.15, 0.2) is 36.4 Å². The molecule has 0 radical (unpaired) electrons. The lowest BCUT2D eigenvalue weighted by Gasteiger charge is -2.30. The summed E-state index contributed by atoms with van der Waals surface area (Å²) in [5.74, 6) is 0. The second-order valence-electron chi connectivity index (χ2n) is 4.42. The van der Waals surface area contributed by atoms with Crippen LogP contribution in [0.5, 0.6) is 0 Å². The van der Waals surface area contributed by atoms with E-state index in [1.807, 2.05) is 12.1 Å². The minimum atomic E-state index is 0.175. The molecule has 1 aliphatic rings. The molecule has 2 heteroatoms. The topological polar surface area (TPSA) is 12.0 Å². The zero-order valence-electron chi connectivity index (χ0n) is 9.67. The standard InChI is InChI=1S/C14H18ClN/c1-2-16-11-14(9-5-6-10-14)12-7-3-4-8-13(12)15/h3-8,16H,2,9-11H2,1H3. The molecule has 0 saturated carbocycles. The van der Waals surface area contributed by atoms with Crippen molar-refractivity contribution in [2.24, 2.45) is 0 Å². The smallest absolute Gasteiger partial charge is 0.0444 e. The Hall–Kier alpha value is -0.790. The van der Waals surface area contributed by atoms with E-state index in [0.717, 1.165) is 31.0 Å². The molecule has 0 spiro atoms. The summed E-state index contributed by atoms with van der Waals surface area (Å²) in [6.45, 7) is 4.15. The molecular formula is C14H18ClN. The third-order valence-electron chi connectivity index (χ3n) is 3.34. The van der Waals surface area contributed by atoms with Gasteiger partial charge in [-0.05, 0) is 31.0 Å². The van der Waals surface area contributed by atoms with Crippen molar-refractivity contribution in [3.05, 3.63) is 47.0 Å². The highest BCUT2D eigenvalue weighted by molar-refractivity contribution is 6.31. The fourth-order valence-electron chi connectivity index (χ4n) is 2.42. The van der Waals surface area contributed by atoms with E-state index in [4.69, 9.17) is 11.6 Å². The molecule has 0 bridgehead atoms. The summed E-state index contributed by atoms with van der Waals surface area (Å²) in [6, 6.07) is 8.22. The van der Waals surface area contributed by atoms with Crippen LogP contribution in [0.2, 0.25) is 5.02 Å². The van der Waals surface area contributed by atoms with E-state index in [0.29, 0.717) is 0 Å². The molecule has 86 valence electrons. The lowest BCUT2D eigenvalue weighted by atomic mass is 9.78. The first kappa shape index (κ1) is 11.7. The number of hydrogen-bond acceptors (Lipinski definition) is 1. The van der Waals surface area contributed by atoms with Crippen LogP contribution in [-0.2, 0) is 5.41 Å². The Labute approximate surface area is 103 Å². The van der Waals surface area contributed by atoms with E-state index < -0.39 is 0 Å². The van der Waals surface area contributed by atoms with Crippen LogP contribution in [-0.4, -0.2) is 13.1 Å². The van der Waals surface area contributed by atoms with Gasteiger partial charge < -0.3 is 5.32 Å². The Bertz CT molecular complexity index is 376. The third-order valence-corrected chi connectivity index (χ3v) is 3.67. The zero-order chi connectivity index (χ0) is 11.4. The van der Waals surface area contributed by atoms with Crippen molar-refractivity contribution in [1.29, 1.82) is 0 Å². The Balaban J connectivity index is 2.29. The largest absolute Gasteiger partial charge is 0.316 e. The van der Waals surface area contributed by atoms with Crippen molar-refractivity contribution >= 4 is 11.6 Å². The molecule has 0 heterocycles. The van der Waals surface area contributed by atoms with Gasteiger partial charge >= 0.3 is 0 Å². The van der Waals surface area contributed by atoms with E-state index in [1.54, 1.807) is 0 Å². The second-order valence-corrected chi connectivity index (χ2v) is 4.83. The molecule has 1 aromatic rings. The molecule has 0 unspecified atom stereocenters. The summed E-state index contributed by atoms with van der Waals surface area (Å²) in [6.07, 6.45) is 6.70. The van der Waals surface area contributed by atoms with Gasteiger partial charge in [0.25, 0.3) is 0 Å². The molecule has 0 aromatic heterocycles. The van der Waals surface area contributed by atoms with Gasteiger partial charge in [-0.15, -0.1) is 0 Å². The quantitative estimate of drug-likeness (QED) is 0.788. The minimum Gasteiger partial charge on any atom is -0.316 e. The highest BCUT2D eigenvalue weighted by Crippen LogP contribution is 2.39. The summed E-state index contributed by atoms with van der Waals surface area (Å²) in [5.41, 5.74) is 1.46. The van der Waals surface area contributed by atoms with E-state index >= 15 is 0 Å².